The molecular formula is C18H13Br. The quantitative estimate of drug-likeness (QED) is 0.561. The van der Waals surface area contributed by atoms with Gasteiger partial charge in [0.05, 0.1) is 17.8 Å². The van der Waals surface area contributed by atoms with E-state index >= 15 is 0 Å². The molecule has 0 nitrogen and oxygen atoms in total. The Kier molecular flexibility index (Phi) is 1.23. The molecule has 92 valence electrons. The van der Waals surface area contributed by atoms with Crippen LogP contribution in [0.1, 0.15) is 17.8 Å². The van der Waals surface area contributed by atoms with Gasteiger partial charge in [0.25, 0.3) is 0 Å². The van der Waals surface area contributed by atoms with Crippen molar-refractivity contribution in [1.29, 1.82) is 0 Å². The minimum atomic E-state index is -0.697. The number of halogens is 1. The molecule has 0 unspecified atom stereocenters. The molecule has 0 saturated heterocycles. The van der Waals surface area contributed by atoms with Gasteiger partial charge < -0.3 is 0 Å². The maximum atomic E-state index is 8.32. The third kappa shape index (κ3) is 2.47. The highest BCUT2D eigenvalue weighted by molar-refractivity contribution is 9.10. The molecule has 0 saturated carbocycles. The Labute approximate surface area is 140 Å². The van der Waals surface area contributed by atoms with Crippen LogP contribution in [0.2, 0.25) is 0 Å². The molecule has 3 aromatic rings. The molecule has 0 heterocycles. The predicted molar refractivity (Wildman–Crippen MR) is 85.0 cm³/mol. The molecule has 0 bridgehead atoms. The van der Waals surface area contributed by atoms with Crippen LogP contribution in [0.4, 0.5) is 0 Å². The maximum Gasteiger partial charge on any atom is 0.0630 e. The lowest BCUT2D eigenvalue weighted by molar-refractivity contribution is 1.55. The Balaban J connectivity index is 2.59. The zero-order chi connectivity index (χ0) is 24.4. The fourth-order valence-corrected chi connectivity index (χ4v) is 2.08. The summed E-state index contributed by atoms with van der Waals surface area (Å²) in [4.78, 5) is 0. The average molecular weight is 322 g/mol. The van der Waals surface area contributed by atoms with Gasteiger partial charge in [-0.15, -0.1) is 0 Å². The van der Waals surface area contributed by atoms with E-state index in [1.807, 2.05) is 0 Å². The molecule has 0 spiro atoms. The van der Waals surface area contributed by atoms with Crippen LogP contribution in [0, 0.1) is 0 Å². The molecule has 0 amide bonds. The van der Waals surface area contributed by atoms with Crippen LogP contribution in [0.25, 0.3) is 22.3 Å². The highest BCUT2D eigenvalue weighted by Gasteiger charge is 2.08. The van der Waals surface area contributed by atoms with Crippen LogP contribution in [-0.4, -0.2) is 0 Å². The van der Waals surface area contributed by atoms with Gasteiger partial charge in [-0.3, -0.25) is 0 Å². The lowest BCUT2D eigenvalue weighted by Gasteiger charge is -2.10. The second-order valence-corrected chi connectivity index (χ2v) is 4.23. The van der Waals surface area contributed by atoms with Crippen LogP contribution in [0.15, 0.2) is 83.0 Å². The SMILES string of the molecule is [2H]c1c([2H])c([2H])c(-c2c([2H])c([2H])c([2H])c(-c3c([2H])c([2H])c([2H])c([2H])c3[2H])c2Br)c([2H])c1[2H]. The third-order valence-electron chi connectivity index (χ3n) is 2.31. The van der Waals surface area contributed by atoms with Crippen molar-refractivity contribution in [2.24, 2.45) is 0 Å². The topological polar surface area (TPSA) is 0 Å². The van der Waals surface area contributed by atoms with Gasteiger partial charge in [0.1, 0.15) is 0 Å². The van der Waals surface area contributed by atoms with Crippen LogP contribution in [-0.2, 0) is 0 Å². The van der Waals surface area contributed by atoms with E-state index in [-0.39, 0.29) is 15.6 Å². The molecule has 19 heavy (non-hydrogen) atoms. The second kappa shape index (κ2) is 5.41. The van der Waals surface area contributed by atoms with Crippen molar-refractivity contribution in [1.82, 2.24) is 0 Å². The second-order valence-electron chi connectivity index (χ2n) is 3.44. The molecule has 0 fully saturated rings. The molecule has 0 aliphatic rings. The van der Waals surface area contributed by atoms with E-state index in [9.17, 15) is 0 Å². The predicted octanol–water partition coefficient (Wildman–Crippen LogP) is 5.78. The summed E-state index contributed by atoms with van der Waals surface area (Å²) in [6.45, 7) is 0. The van der Waals surface area contributed by atoms with Gasteiger partial charge in [0.2, 0.25) is 0 Å². The van der Waals surface area contributed by atoms with Gasteiger partial charge in [-0.05, 0) is 38.2 Å². The first-order valence-corrected chi connectivity index (χ1v) is 5.98. The van der Waals surface area contributed by atoms with Gasteiger partial charge in [0.15, 0.2) is 0 Å². The minimum absolute atomic E-state index is 0.194. The molecule has 3 aromatic carbocycles. The van der Waals surface area contributed by atoms with Crippen molar-refractivity contribution < 1.29 is 17.8 Å². The number of hydrogen-bond donors (Lipinski definition) is 0. The lowest BCUT2D eigenvalue weighted by atomic mass is 9.99. The smallest absolute Gasteiger partial charge is 0.0622 e. The van der Waals surface area contributed by atoms with Gasteiger partial charge >= 0.3 is 0 Å². The molecule has 0 aliphatic heterocycles. The van der Waals surface area contributed by atoms with Crippen LogP contribution in [0.5, 0.6) is 0 Å². The molecular weight excluding hydrogens is 296 g/mol. The average Bonchev–Trinajstić information content (AvgIpc) is 2.76. The monoisotopic (exact) mass is 321 g/mol. The highest BCUT2D eigenvalue weighted by Crippen LogP contribution is 2.36. The Bertz CT molecular complexity index is 1160. The van der Waals surface area contributed by atoms with Gasteiger partial charge in [-0.2, -0.15) is 0 Å². The minimum Gasteiger partial charge on any atom is -0.0622 e. The van der Waals surface area contributed by atoms with E-state index in [0.29, 0.717) is 0 Å². The van der Waals surface area contributed by atoms with Crippen LogP contribution in [0.3, 0.4) is 0 Å². The fourth-order valence-electron chi connectivity index (χ4n) is 1.49. The first-order chi connectivity index (χ1) is 14.7. The maximum absolute atomic E-state index is 8.32. The van der Waals surface area contributed by atoms with E-state index in [4.69, 9.17) is 17.8 Å². The van der Waals surface area contributed by atoms with Gasteiger partial charge in [0, 0.05) is 4.47 Å². The molecule has 0 aliphatic carbocycles. The zero-order valence-electron chi connectivity index (χ0n) is 22.4. The van der Waals surface area contributed by atoms with Crippen molar-refractivity contribution in [2.45, 2.75) is 0 Å². The zero-order valence-corrected chi connectivity index (χ0v) is 11.0. The molecule has 0 N–H and O–H groups in total. The first kappa shape index (κ1) is 4.32. The fraction of sp³-hybridized carbons (Fsp3) is 0. The number of hydrogen-bond acceptors (Lipinski definition) is 0. The van der Waals surface area contributed by atoms with Crippen molar-refractivity contribution in [2.75, 3.05) is 0 Å². The van der Waals surface area contributed by atoms with Crippen LogP contribution < -0.4 is 0 Å². The van der Waals surface area contributed by atoms with Crippen LogP contribution >= 0.6 is 15.9 Å². The molecule has 3 rings (SSSR count). The van der Waals surface area contributed by atoms with Gasteiger partial charge in [-0.25, -0.2) is 0 Å². The lowest BCUT2D eigenvalue weighted by Crippen LogP contribution is -1.84. The molecule has 1 heteroatoms. The molecule has 0 aromatic heterocycles. The van der Waals surface area contributed by atoms with Crippen molar-refractivity contribution >= 4 is 15.9 Å². The van der Waals surface area contributed by atoms with E-state index in [1.54, 1.807) is 0 Å². The summed E-state index contributed by atoms with van der Waals surface area (Å²) < 4.78 is 105. The molecule has 0 atom stereocenters. The van der Waals surface area contributed by atoms with E-state index in [0.717, 1.165) is 0 Å². The normalized spacial score (nSPS) is 19.9. The summed E-state index contributed by atoms with van der Waals surface area (Å²) in [6, 6.07) is -8.48. The largest absolute Gasteiger partial charge is 0.0630 e. The third-order valence-corrected chi connectivity index (χ3v) is 3.11. The number of rotatable bonds is 2. The summed E-state index contributed by atoms with van der Waals surface area (Å²) in [7, 11) is 0. The van der Waals surface area contributed by atoms with Crippen molar-refractivity contribution in [3.05, 3.63) is 83.0 Å². The summed E-state index contributed by atoms with van der Waals surface area (Å²) in [5.41, 5.74) is -1.44. The summed E-state index contributed by atoms with van der Waals surface area (Å²) in [6.07, 6.45) is 0. The Morgan fingerprint density at radius 1 is 0.579 bits per heavy atom. The standard InChI is InChI=1S/C18H13Br/c19-18-16(14-8-3-1-4-9-14)12-7-13-17(18)15-10-5-2-6-11-15/h1-13H/i1D,2D,3D,4D,5D,6D,7D,8D,9D,10D,11D,12D,13D. The van der Waals surface area contributed by atoms with Crippen molar-refractivity contribution in [3.8, 4) is 22.3 Å². The summed E-state index contributed by atoms with van der Waals surface area (Å²) in [5.74, 6) is 0. The van der Waals surface area contributed by atoms with Crippen molar-refractivity contribution in [3.63, 3.8) is 0 Å². The number of benzene rings is 3. The highest BCUT2D eigenvalue weighted by atomic mass is 79.9. The summed E-state index contributed by atoms with van der Waals surface area (Å²) >= 11 is 3.17. The first-order valence-electron chi connectivity index (χ1n) is 11.7. The Morgan fingerprint density at radius 2 is 1.00 bits per heavy atom. The Morgan fingerprint density at radius 3 is 1.42 bits per heavy atom. The molecule has 0 radical (unpaired) electrons. The Hall–Kier alpha value is -1.86. The van der Waals surface area contributed by atoms with Gasteiger partial charge in [-0.1, -0.05) is 78.6 Å². The van der Waals surface area contributed by atoms with E-state index < -0.39 is 89.7 Å². The van der Waals surface area contributed by atoms with E-state index in [1.165, 1.54) is 0 Å². The van der Waals surface area contributed by atoms with E-state index in [2.05, 4.69) is 15.9 Å². The summed E-state index contributed by atoms with van der Waals surface area (Å²) in [5, 5.41) is 0.